The number of fused-ring (bicyclic) bond motifs is 12. The van der Waals surface area contributed by atoms with Gasteiger partial charge in [-0.25, -0.2) is 15.0 Å². The largest absolute Gasteiger partial charge is 0.456 e. The Bertz CT molecular complexity index is 3800. The van der Waals surface area contributed by atoms with E-state index in [1.807, 2.05) is 54.6 Å². The van der Waals surface area contributed by atoms with Gasteiger partial charge in [0.1, 0.15) is 11.2 Å². The van der Waals surface area contributed by atoms with Crippen LogP contribution in [0.25, 0.3) is 116 Å². The lowest BCUT2D eigenvalue weighted by atomic mass is 9.82. The molecule has 5 nitrogen and oxygen atoms in total. The van der Waals surface area contributed by atoms with Gasteiger partial charge in [-0.05, 0) is 86.9 Å². The van der Waals surface area contributed by atoms with Gasteiger partial charge >= 0.3 is 0 Å². The summed E-state index contributed by atoms with van der Waals surface area (Å²) in [6.45, 7) is 4.74. The fourth-order valence-electron chi connectivity index (χ4n) is 10.1. The van der Waals surface area contributed by atoms with Gasteiger partial charge in [-0.1, -0.05) is 147 Å². The second-order valence-electron chi connectivity index (χ2n) is 16.8. The van der Waals surface area contributed by atoms with Crippen LogP contribution in [-0.2, 0) is 5.41 Å². The van der Waals surface area contributed by atoms with Crippen LogP contribution >= 0.6 is 0 Å². The van der Waals surface area contributed by atoms with Crippen LogP contribution < -0.4 is 0 Å². The van der Waals surface area contributed by atoms with Crippen LogP contribution in [0.1, 0.15) is 25.0 Å². The van der Waals surface area contributed by atoms with Crippen LogP contribution in [0.5, 0.6) is 0 Å². The number of benzene rings is 9. The molecule has 0 spiro atoms. The van der Waals surface area contributed by atoms with Crippen LogP contribution in [0.2, 0.25) is 0 Å². The average molecular weight is 781 g/mol. The van der Waals surface area contributed by atoms with Crippen LogP contribution in [0, 0.1) is 0 Å². The van der Waals surface area contributed by atoms with Gasteiger partial charge in [0.15, 0.2) is 17.5 Å². The van der Waals surface area contributed by atoms with Gasteiger partial charge in [0, 0.05) is 49.0 Å². The number of furan rings is 1. The van der Waals surface area contributed by atoms with Gasteiger partial charge in [0.2, 0.25) is 0 Å². The van der Waals surface area contributed by atoms with Crippen LogP contribution in [-0.4, -0.2) is 19.5 Å². The molecule has 0 amide bonds. The molecule has 5 heteroatoms. The Morgan fingerprint density at radius 3 is 1.93 bits per heavy atom. The van der Waals surface area contributed by atoms with E-state index in [9.17, 15) is 0 Å². The molecule has 9 aromatic carbocycles. The first-order chi connectivity index (χ1) is 30.0. The minimum atomic E-state index is -0.169. The van der Waals surface area contributed by atoms with E-state index in [2.05, 4.69) is 146 Å². The lowest BCUT2D eigenvalue weighted by Gasteiger charge is -2.22. The van der Waals surface area contributed by atoms with Crippen LogP contribution in [0.15, 0.2) is 186 Å². The summed E-state index contributed by atoms with van der Waals surface area (Å²) in [5.41, 5.74) is 13.1. The first-order valence-electron chi connectivity index (χ1n) is 20.9. The third kappa shape index (κ3) is 4.92. The Morgan fingerprint density at radius 2 is 1.08 bits per heavy atom. The maximum atomic E-state index is 6.31. The molecule has 0 aliphatic heterocycles. The van der Waals surface area contributed by atoms with E-state index in [4.69, 9.17) is 19.4 Å². The molecule has 61 heavy (non-hydrogen) atoms. The minimum absolute atomic E-state index is 0.169. The molecule has 0 bridgehead atoms. The lowest BCUT2D eigenvalue weighted by Crippen LogP contribution is -2.15. The Kier molecular flexibility index (Phi) is 7.00. The van der Waals surface area contributed by atoms with Gasteiger partial charge in [-0.3, -0.25) is 0 Å². The summed E-state index contributed by atoms with van der Waals surface area (Å²) in [5, 5.41) is 9.39. The Labute approximate surface area is 351 Å². The Morgan fingerprint density at radius 1 is 0.410 bits per heavy atom. The van der Waals surface area contributed by atoms with Crippen molar-refractivity contribution >= 4 is 65.3 Å². The topological polar surface area (TPSA) is 56.7 Å². The highest BCUT2D eigenvalue weighted by Gasteiger charge is 2.37. The van der Waals surface area contributed by atoms with Crippen molar-refractivity contribution in [2.75, 3.05) is 0 Å². The van der Waals surface area contributed by atoms with Gasteiger partial charge in [0.05, 0.1) is 16.7 Å². The average Bonchev–Trinajstić information content (AvgIpc) is 3.92. The maximum Gasteiger partial charge on any atom is 0.164 e. The molecule has 0 unspecified atom stereocenters. The Hall–Kier alpha value is -7.89. The molecule has 0 N–H and O–H groups in total. The Balaban J connectivity index is 1.03. The fourth-order valence-corrected chi connectivity index (χ4v) is 10.1. The predicted octanol–water partition coefficient (Wildman–Crippen LogP) is 14.5. The van der Waals surface area contributed by atoms with E-state index in [0.717, 1.165) is 55.1 Å². The molecule has 286 valence electrons. The van der Waals surface area contributed by atoms with Crippen molar-refractivity contribution in [1.82, 2.24) is 19.5 Å². The summed E-state index contributed by atoms with van der Waals surface area (Å²) in [6, 6.07) is 64.8. The van der Waals surface area contributed by atoms with E-state index in [0.29, 0.717) is 17.5 Å². The molecular formula is C56H36N4O. The number of aromatic nitrogens is 4. The third-order valence-electron chi connectivity index (χ3n) is 13.0. The van der Waals surface area contributed by atoms with Crippen molar-refractivity contribution < 1.29 is 4.42 Å². The zero-order valence-electron chi connectivity index (χ0n) is 33.5. The molecule has 0 fully saturated rings. The predicted molar refractivity (Wildman–Crippen MR) is 250 cm³/mol. The zero-order valence-corrected chi connectivity index (χ0v) is 33.5. The maximum absolute atomic E-state index is 6.31. The normalized spacial score (nSPS) is 13.2. The van der Waals surface area contributed by atoms with Crippen molar-refractivity contribution in [1.29, 1.82) is 0 Å². The van der Waals surface area contributed by atoms with Crippen LogP contribution in [0.4, 0.5) is 0 Å². The molecule has 0 saturated heterocycles. The van der Waals surface area contributed by atoms with Crippen molar-refractivity contribution in [3.05, 3.63) is 193 Å². The summed E-state index contributed by atoms with van der Waals surface area (Å²) in [7, 11) is 0. The summed E-state index contributed by atoms with van der Waals surface area (Å²) >= 11 is 0. The molecule has 0 radical (unpaired) electrons. The van der Waals surface area contributed by atoms with Crippen molar-refractivity contribution in [2.24, 2.45) is 0 Å². The molecular weight excluding hydrogens is 745 g/mol. The second kappa shape index (κ2) is 12.6. The second-order valence-corrected chi connectivity index (χ2v) is 16.8. The summed E-state index contributed by atoms with van der Waals surface area (Å²) in [4.78, 5) is 15.5. The molecule has 12 aromatic rings. The number of para-hydroxylation sites is 2. The van der Waals surface area contributed by atoms with Crippen molar-refractivity contribution in [2.45, 2.75) is 19.3 Å². The van der Waals surface area contributed by atoms with Crippen molar-refractivity contribution in [3.63, 3.8) is 0 Å². The van der Waals surface area contributed by atoms with E-state index in [1.165, 1.54) is 54.8 Å². The number of hydrogen-bond acceptors (Lipinski definition) is 4. The van der Waals surface area contributed by atoms with E-state index in [-0.39, 0.29) is 5.41 Å². The molecule has 1 aliphatic carbocycles. The van der Waals surface area contributed by atoms with Gasteiger partial charge in [-0.2, -0.15) is 0 Å². The summed E-state index contributed by atoms with van der Waals surface area (Å²) in [5.74, 6) is 1.82. The van der Waals surface area contributed by atoms with Gasteiger partial charge < -0.3 is 8.98 Å². The highest BCUT2D eigenvalue weighted by molar-refractivity contribution is 6.15. The van der Waals surface area contributed by atoms with E-state index in [1.54, 1.807) is 0 Å². The van der Waals surface area contributed by atoms with E-state index < -0.39 is 0 Å². The lowest BCUT2D eigenvalue weighted by molar-refractivity contribution is 0.661. The molecule has 0 saturated carbocycles. The van der Waals surface area contributed by atoms with Gasteiger partial charge in [0.25, 0.3) is 0 Å². The number of nitrogens with zero attached hydrogens (tertiary/aromatic N) is 4. The van der Waals surface area contributed by atoms with Crippen LogP contribution in [0.3, 0.4) is 0 Å². The third-order valence-corrected chi connectivity index (χ3v) is 13.0. The first-order valence-corrected chi connectivity index (χ1v) is 20.9. The minimum Gasteiger partial charge on any atom is -0.456 e. The zero-order chi connectivity index (χ0) is 40.4. The molecule has 3 heterocycles. The highest BCUT2D eigenvalue weighted by atomic mass is 16.3. The quantitative estimate of drug-likeness (QED) is 0.178. The summed E-state index contributed by atoms with van der Waals surface area (Å²) in [6.07, 6.45) is 0. The monoisotopic (exact) mass is 780 g/mol. The van der Waals surface area contributed by atoms with Gasteiger partial charge in [-0.15, -0.1) is 0 Å². The smallest absolute Gasteiger partial charge is 0.164 e. The standard InChI is InChI=1S/C56H36N4O/c1-56(2)45-28-25-33-14-6-7-17-36(33)52(45)44-31-43-39-20-10-12-22-47(39)60(49(43)32-46(44)56)48-29-27-42(37-18-8-9-19-38(37)48)55-58-53(34-15-4-3-5-16-34)57-54(59-55)35-24-26-41-40-21-11-13-23-50(40)61-51(41)30-35/h3-32H,1-2H3. The molecule has 0 atom stereocenters. The fraction of sp³-hybridized carbons (Fsp3) is 0.0536. The summed E-state index contributed by atoms with van der Waals surface area (Å²) < 4.78 is 8.77. The highest BCUT2D eigenvalue weighted by Crippen LogP contribution is 2.53. The van der Waals surface area contributed by atoms with E-state index >= 15 is 0 Å². The molecule has 3 aromatic heterocycles. The van der Waals surface area contributed by atoms with Crippen molar-refractivity contribution in [3.8, 4) is 51.0 Å². The number of hydrogen-bond donors (Lipinski definition) is 0. The first kappa shape index (κ1) is 34.0. The molecule has 13 rings (SSSR count). The molecule has 1 aliphatic rings. The SMILES string of the molecule is CC1(C)c2cc3c(cc2-c2c1ccc1ccccc21)c1ccccc1n3-c1ccc(-c2nc(-c3ccccc3)nc(-c3ccc4c(c3)oc3ccccc34)n2)c2ccccc12. The number of rotatable bonds is 4.